The highest BCUT2D eigenvalue weighted by Gasteiger charge is 2.53. The van der Waals surface area contributed by atoms with Crippen molar-refractivity contribution < 1.29 is 9.53 Å². The van der Waals surface area contributed by atoms with E-state index in [1.54, 1.807) is 11.8 Å². The molecule has 4 aliphatic carbocycles. The number of benzene rings is 1. The third-order valence-electron chi connectivity index (χ3n) is 7.93. The number of rotatable bonds is 6. The predicted molar refractivity (Wildman–Crippen MR) is 114 cm³/mol. The fourth-order valence-corrected chi connectivity index (χ4v) is 7.99. The minimum Gasteiger partial charge on any atom is -0.377 e. The van der Waals surface area contributed by atoms with Crippen molar-refractivity contribution in [3.8, 4) is 0 Å². The molecule has 1 aliphatic heterocycles. The summed E-state index contributed by atoms with van der Waals surface area (Å²) in [5.74, 6) is 3.80. The van der Waals surface area contributed by atoms with Crippen molar-refractivity contribution in [2.75, 3.05) is 12.4 Å². The Hall–Kier alpha value is -1.00. The molecule has 152 valence electrons. The van der Waals surface area contributed by atoms with Crippen LogP contribution in [0.15, 0.2) is 29.2 Å². The Morgan fingerprint density at radius 1 is 1.18 bits per heavy atom. The summed E-state index contributed by atoms with van der Waals surface area (Å²) in [4.78, 5) is 14.3. The monoisotopic (exact) mass is 399 g/mol. The smallest absolute Gasteiger partial charge is 0.252 e. The summed E-state index contributed by atoms with van der Waals surface area (Å²) in [6, 6.07) is 8.37. The summed E-state index contributed by atoms with van der Waals surface area (Å²) in [7, 11) is 0. The Labute approximate surface area is 173 Å². The lowest BCUT2D eigenvalue weighted by Gasteiger charge is -2.59. The van der Waals surface area contributed by atoms with Crippen LogP contribution in [0.1, 0.15) is 68.6 Å². The van der Waals surface area contributed by atoms with Crippen molar-refractivity contribution in [2.24, 2.45) is 23.2 Å². The summed E-state index contributed by atoms with van der Waals surface area (Å²) in [6.07, 6.45) is 11.0. The molecule has 4 bridgehead atoms. The molecule has 0 spiro atoms. The number of amides is 1. The summed E-state index contributed by atoms with van der Waals surface area (Å²) in [6.45, 7) is 3.16. The largest absolute Gasteiger partial charge is 0.377 e. The SMILES string of the molecule is C[C@H](NC(=O)c1ccccc1SC[C@@H]1CCCO1)C12CC3CC(CC(C3)C1)C2. The molecule has 1 aromatic rings. The molecule has 1 aromatic carbocycles. The van der Waals surface area contributed by atoms with Crippen molar-refractivity contribution in [2.45, 2.75) is 75.3 Å². The minimum absolute atomic E-state index is 0.110. The lowest BCUT2D eigenvalue weighted by molar-refractivity contribution is -0.0688. The quantitative estimate of drug-likeness (QED) is 0.660. The van der Waals surface area contributed by atoms with Crippen molar-refractivity contribution >= 4 is 17.7 Å². The first-order chi connectivity index (χ1) is 13.6. The maximum absolute atomic E-state index is 13.2. The molecule has 0 radical (unpaired) electrons. The molecule has 3 nitrogen and oxygen atoms in total. The zero-order valence-electron chi connectivity index (χ0n) is 17.0. The van der Waals surface area contributed by atoms with Gasteiger partial charge in [0.2, 0.25) is 0 Å². The van der Waals surface area contributed by atoms with E-state index >= 15 is 0 Å². The summed E-state index contributed by atoms with van der Waals surface area (Å²) >= 11 is 1.77. The third kappa shape index (κ3) is 3.63. The molecule has 5 fully saturated rings. The van der Waals surface area contributed by atoms with Gasteiger partial charge in [-0.1, -0.05) is 12.1 Å². The lowest BCUT2D eigenvalue weighted by atomic mass is 9.48. The van der Waals surface area contributed by atoms with Crippen LogP contribution in [0.4, 0.5) is 0 Å². The standard InChI is InChI=1S/C24H33NO2S/c1-16(24-12-17-9-18(13-24)11-19(10-17)14-24)25-23(26)21-6-2-3-7-22(21)28-15-20-5-4-8-27-20/h2-3,6-7,16-20H,4-5,8-15H2,1H3,(H,25,26)/t16-,17?,18?,19?,20-,24?/m0/s1. The highest BCUT2D eigenvalue weighted by Crippen LogP contribution is 2.61. The Morgan fingerprint density at radius 2 is 1.86 bits per heavy atom. The van der Waals surface area contributed by atoms with Gasteiger partial charge in [0.1, 0.15) is 0 Å². The summed E-state index contributed by atoms with van der Waals surface area (Å²) < 4.78 is 5.76. The molecule has 5 aliphatic rings. The van der Waals surface area contributed by atoms with Crippen LogP contribution in [0.25, 0.3) is 0 Å². The number of thioether (sulfide) groups is 1. The molecular weight excluding hydrogens is 366 g/mol. The Balaban J connectivity index is 1.26. The van der Waals surface area contributed by atoms with Gasteiger partial charge in [0.05, 0.1) is 11.7 Å². The fourth-order valence-electron chi connectivity index (χ4n) is 6.87. The topological polar surface area (TPSA) is 38.3 Å². The summed E-state index contributed by atoms with van der Waals surface area (Å²) in [5.41, 5.74) is 1.19. The van der Waals surface area contributed by atoms with E-state index in [1.807, 2.05) is 18.2 Å². The van der Waals surface area contributed by atoms with Crippen LogP contribution in [-0.2, 0) is 4.74 Å². The highest BCUT2D eigenvalue weighted by atomic mass is 32.2. The molecule has 2 atom stereocenters. The van der Waals surface area contributed by atoms with Crippen molar-refractivity contribution in [3.63, 3.8) is 0 Å². The van der Waals surface area contributed by atoms with Gasteiger partial charge in [-0.05, 0) is 93.6 Å². The maximum atomic E-state index is 13.2. The molecule has 0 aromatic heterocycles. The first kappa shape index (κ1) is 19.0. The first-order valence-electron chi connectivity index (χ1n) is 11.3. The number of hydrogen-bond acceptors (Lipinski definition) is 3. The van der Waals surface area contributed by atoms with Gasteiger partial charge in [0.25, 0.3) is 5.91 Å². The third-order valence-corrected chi connectivity index (χ3v) is 9.14. The average Bonchev–Trinajstić information content (AvgIpc) is 3.19. The number of nitrogens with one attached hydrogen (secondary N) is 1. The van der Waals surface area contributed by atoms with Crippen LogP contribution < -0.4 is 5.32 Å². The Morgan fingerprint density at radius 3 is 2.50 bits per heavy atom. The average molecular weight is 400 g/mol. The lowest BCUT2D eigenvalue weighted by Crippen LogP contribution is -2.55. The first-order valence-corrected chi connectivity index (χ1v) is 12.2. The molecule has 1 N–H and O–H groups in total. The zero-order valence-corrected chi connectivity index (χ0v) is 17.8. The van der Waals surface area contributed by atoms with Crippen molar-refractivity contribution in [1.29, 1.82) is 0 Å². The van der Waals surface area contributed by atoms with Crippen LogP contribution in [0.2, 0.25) is 0 Å². The van der Waals surface area contributed by atoms with E-state index in [0.717, 1.165) is 53.4 Å². The number of hydrogen-bond donors (Lipinski definition) is 1. The molecule has 4 saturated carbocycles. The van der Waals surface area contributed by atoms with Crippen molar-refractivity contribution in [1.82, 2.24) is 5.32 Å². The van der Waals surface area contributed by atoms with E-state index < -0.39 is 0 Å². The van der Waals surface area contributed by atoms with Crippen LogP contribution in [0.5, 0.6) is 0 Å². The number of ether oxygens (including phenoxy) is 1. The highest BCUT2D eigenvalue weighted by molar-refractivity contribution is 7.99. The van der Waals surface area contributed by atoms with Crippen LogP contribution in [0, 0.1) is 23.2 Å². The van der Waals surface area contributed by atoms with Gasteiger partial charge in [0.15, 0.2) is 0 Å². The maximum Gasteiger partial charge on any atom is 0.252 e. The Kier molecular flexibility index (Phi) is 5.21. The molecule has 1 saturated heterocycles. The van der Waals surface area contributed by atoms with E-state index in [-0.39, 0.29) is 11.9 Å². The van der Waals surface area contributed by atoms with E-state index in [4.69, 9.17) is 4.74 Å². The van der Waals surface area contributed by atoms with Gasteiger partial charge in [-0.3, -0.25) is 4.79 Å². The molecule has 6 rings (SSSR count). The minimum atomic E-state index is 0.110. The fraction of sp³-hybridized carbons (Fsp3) is 0.708. The van der Waals surface area contributed by atoms with Gasteiger partial charge in [0, 0.05) is 23.3 Å². The van der Waals surface area contributed by atoms with Crippen LogP contribution in [0.3, 0.4) is 0 Å². The number of carbonyl (C=O) groups excluding carboxylic acids is 1. The Bertz CT molecular complexity index is 692. The van der Waals surface area contributed by atoms with Crippen LogP contribution >= 0.6 is 11.8 Å². The second-order valence-corrected chi connectivity index (χ2v) is 11.0. The molecule has 28 heavy (non-hydrogen) atoms. The second-order valence-electron chi connectivity index (χ2n) is 9.92. The second kappa shape index (κ2) is 7.68. The molecule has 0 unspecified atom stereocenters. The van der Waals surface area contributed by atoms with E-state index in [9.17, 15) is 4.79 Å². The van der Waals surface area contributed by atoms with E-state index in [1.165, 1.54) is 38.5 Å². The van der Waals surface area contributed by atoms with Gasteiger partial charge in [-0.2, -0.15) is 0 Å². The van der Waals surface area contributed by atoms with Gasteiger partial charge in [-0.25, -0.2) is 0 Å². The van der Waals surface area contributed by atoms with Gasteiger partial charge in [-0.15, -0.1) is 11.8 Å². The van der Waals surface area contributed by atoms with Crippen LogP contribution in [-0.4, -0.2) is 30.4 Å². The summed E-state index contributed by atoms with van der Waals surface area (Å²) in [5, 5.41) is 3.44. The van der Waals surface area contributed by atoms with Gasteiger partial charge < -0.3 is 10.1 Å². The predicted octanol–water partition coefficient (Wildman–Crippen LogP) is 5.29. The van der Waals surface area contributed by atoms with Gasteiger partial charge >= 0.3 is 0 Å². The number of carbonyl (C=O) groups is 1. The molecule has 1 amide bonds. The molecule has 4 heteroatoms. The molecule has 1 heterocycles. The molecular formula is C24H33NO2S. The zero-order chi connectivity index (χ0) is 19.1. The van der Waals surface area contributed by atoms with E-state index in [0.29, 0.717) is 11.5 Å². The van der Waals surface area contributed by atoms with E-state index in [2.05, 4.69) is 18.3 Å². The van der Waals surface area contributed by atoms with Crippen molar-refractivity contribution in [3.05, 3.63) is 29.8 Å². The normalized spacial score (nSPS) is 37.2.